The molecule has 160 valence electrons. The molecular weight excluding hydrogens is 471 g/mol. The Balaban J connectivity index is 1.86. The number of para-hydroxylation sites is 1. The lowest BCUT2D eigenvalue weighted by Gasteiger charge is -2.13. The summed E-state index contributed by atoms with van der Waals surface area (Å²) >= 11 is 3.24. The lowest BCUT2D eigenvalue weighted by Crippen LogP contribution is -2.23. The SMILES string of the molecule is COc1ccc(Br)cc1C(=O)CCC(=O)OCC(=O)Nc1ccccc1C(F)(F)F. The number of rotatable bonds is 8. The molecule has 0 aliphatic heterocycles. The summed E-state index contributed by atoms with van der Waals surface area (Å²) in [7, 11) is 1.41. The maximum absolute atomic E-state index is 12.9. The molecule has 0 fully saturated rings. The molecule has 0 unspecified atom stereocenters. The molecule has 0 aliphatic rings. The van der Waals surface area contributed by atoms with Crippen LogP contribution in [0.25, 0.3) is 0 Å². The first kappa shape index (κ1) is 23.4. The van der Waals surface area contributed by atoms with Crippen molar-refractivity contribution in [1.29, 1.82) is 0 Å². The van der Waals surface area contributed by atoms with Crippen molar-refractivity contribution in [1.82, 2.24) is 0 Å². The summed E-state index contributed by atoms with van der Waals surface area (Å²) in [6.45, 7) is -0.778. The molecule has 10 heteroatoms. The molecule has 0 atom stereocenters. The number of ether oxygens (including phenoxy) is 2. The summed E-state index contributed by atoms with van der Waals surface area (Å²) in [6, 6.07) is 9.28. The second-order valence-electron chi connectivity index (χ2n) is 6.02. The second kappa shape index (κ2) is 10.2. The van der Waals surface area contributed by atoms with Gasteiger partial charge >= 0.3 is 12.1 Å². The van der Waals surface area contributed by atoms with E-state index < -0.39 is 35.9 Å². The van der Waals surface area contributed by atoms with Crippen LogP contribution in [0.1, 0.15) is 28.8 Å². The fraction of sp³-hybridized carbons (Fsp3) is 0.250. The van der Waals surface area contributed by atoms with Crippen LogP contribution in [0, 0.1) is 0 Å². The average Bonchev–Trinajstić information content (AvgIpc) is 2.70. The van der Waals surface area contributed by atoms with Crippen molar-refractivity contribution < 1.29 is 37.0 Å². The fourth-order valence-electron chi connectivity index (χ4n) is 2.49. The van der Waals surface area contributed by atoms with Crippen molar-refractivity contribution in [2.75, 3.05) is 19.0 Å². The molecule has 30 heavy (non-hydrogen) atoms. The number of amides is 1. The van der Waals surface area contributed by atoms with E-state index in [1.54, 1.807) is 18.2 Å². The van der Waals surface area contributed by atoms with Gasteiger partial charge in [0.25, 0.3) is 5.91 Å². The summed E-state index contributed by atoms with van der Waals surface area (Å²) in [6.07, 6.45) is -5.14. The van der Waals surface area contributed by atoms with E-state index in [4.69, 9.17) is 9.47 Å². The van der Waals surface area contributed by atoms with Crippen molar-refractivity contribution >= 4 is 39.3 Å². The number of hydrogen-bond acceptors (Lipinski definition) is 5. The minimum absolute atomic E-state index is 0.190. The maximum Gasteiger partial charge on any atom is 0.418 e. The number of esters is 1. The number of hydrogen-bond donors (Lipinski definition) is 1. The number of alkyl halides is 3. The summed E-state index contributed by atoms with van der Waals surface area (Å²) in [5, 5.41) is 2.06. The van der Waals surface area contributed by atoms with Crippen LogP contribution in [0.2, 0.25) is 0 Å². The summed E-state index contributed by atoms with van der Waals surface area (Å²) in [5.74, 6) is -1.79. The van der Waals surface area contributed by atoms with Crippen molar-refractivity contribution in [3.8, 4) is 5.75 Å². The third-order valence-electron chi connectivity index (χ3n) is 3.89. The second-order valence-corrected chi connectivity index (χ2v) is 6.94. The standard InChI is InChI=1S/C20H17BrF3NO5/c1-29-17-8-6-12(21)10-13(17)16(26)7-9-19(28)30-11-18(27)25-15-5-3-2-4-14(15)20(22,23)24/h2-6,8,10H,7,9,11H2,1H3,(H,25,27). The Morgan fingerprint density at radius 2 is 1.77 bits per heavy atom. The van der Waals surface area contributed by atoms with Crippen molar-refractivity contribution in [2.24, 2.45) is 0 Å². The van der Waals surface area contributed by atoms with E-state index in [2.05, 4.69) is 21.2 Å². The smallest absolute Gasteiger partial charge is 0.418 e. The molecule has 0 aliphatic carbocycles. The lowest BCUT2D eigenvalue weighted by atomic mass is 10.1. The number of benzene rings is 2. The van der Waals surface area contributed by atoms with Crippen LogP contribution in [-0.4, -0.2) is 31.4 Å². The normalized spacial score (nSPS) is 11.0. The van der Waals surface area contributed by atoms with Gasteiger partial charge in [-0.2, -0.15) is 13.2 Å². The molecule has 0 saturated carbocycles. The predicted molar refractivity (Wildman–Crippen MR) is 105 cm³/mol. The van der Waals surface area contributed by atoms with E-state index in [1.807, 2.05) is 0 Å². The van der Waals surface area contributed by atoms with Crippen LogP contribution in [-0.2, 0) is 20.5 Å². The molecule has 0 spiro atoms. The minimum Gasteiger partial charge on any atom is -0.496 e. The number of Topliss-reactive ketones (excluding diaryl/α,β-unsaturated/α-hetero) is 1. The molecule has 1 amide bonds. The first-order valence-electron chi connectivity index (χ1n) is 8.60. The van der Waals surface area contributed by atoms with E-state index >= 15 is 0 Å². The van der Waals surface area contributed by atoms with Gasteiger partial charge in [-0.05, 0) is 30.3 Å². The van der Waals surface area contributed by atoms with Crippen LogP contribution in [0.5, 0.6) is 5.75 Å². The van der Waals surface area contributed by atoms with Gasteiger partial charge in [0, 0.05) is 10.9 Å². The molecule has 0 aromatic heterocycles. The van der Waals surface area contributed by atoms with Crippen molar-refractivity contribution in [2.45, 2.75) is 19.0 Å². The Bertz CT molecular complexity index is 946. The van der Waals surface area contributed by atoms with Gasteiger partial charge in [0.1, 0.15) is 5.75 Å². The molecule has 6 nitrogen and oxygen atoms in total. The first-order chi connectivity index (χ1) is 14.1. The summed E-state index contributed by atoms with van der Waals surface area (Å²) < 4.78 is 49.3. The van der Waals surface area contributed by atoms with Crippen molar-refractivity contribution in [3.63, 3.8) is 0 Å². The highest BCUT2D eigenvalue weighted by atomic mass is 79.9. The molecule has 2 aromatic carbocycles. The molecular formula is C20H17BrF3NO5. The Hall–Kier alpha value is -2.88. The van der Waals surface area contributed by atoms with Crippen LogP contribution >= 0.6 is 15.9 Å². The van der Waals surface area contributed by atoms with E-state index in [0.717, 1.165) is 12.1 Å². The zero-order valence-electron chi connectivity index (χ0n) is 15.7. The fourth-order valence-corrected chi connectivity index (χ4v) is 2.85. The zero-order chi connectivity index (χ0) is 22.3. The molecule has 1 N–H and O–H groups in total. The van der Waals surface area contributed by atoms with Gasteiger partial charge in [-0.25, -0.2) is 0 Å². The lowest BCUT2D eigenvalue weighted by molar-refractivity contribution is -0.147. The third-order valence-corrected chi connectivity index (χ3v) is 4.38. The Morgan fingerprint density at radius 1 is 1.07 bits per heavy atom. The number of carbonyl (C=O) groups is 3. The highest BCUT2D eigenvalue weighted by Gasteiger charge is 2.33. The van der Waals surface area contributed by atoms with E-state index in [1.165, 1.54) is 19.2 Å². The third kappa shape index (κ3) is 6.58. The first-order valence-corrected chi connectivity index (χ1v) is 9.39. The largest absolute Gasteiger partial charge is 0.496 e. The number of halogens is 4. The Labute approximate surface area is 178 Å². The van der Waals surface area contributed by atoms with Gasteiger partial charge < -0.3 is 14.8 Å². The van der Waals surface area contributed by atoms with Gasteiger partial charge in [-0.15, -0.1) is 0 Å². The number of ketones is 1. The van der Waals surface area contributed by atoms with E-state index in [0.29, 0.717) is 10.2 Å². The van der Waals surface area contributed by atoms with Gasteiger partial charge in [0.05, 0.1) is 30.3 Å². The molecule has 0 saturated heterocycles. The van der Waals surface area contributed by atoms with Gasteiger partial charge in [-0.3, -0.25) is 14.4 Å². The average molecular weight is 488 g/mol. The van der Waals surface area contributed by atoms with Gasteiger partial charge in [0.2, 0.25) is 0 Å². The van der Waals surface area contributed by atoms with Crippen LogP contribution in [0.15, 0.2) is 46.9 Å². The number of nitrogens with one attached hydrogen (secondary N) is 1. The highest BCUT2D eigenvalue weighted by molar-refractivity contribution is 9.10. The topological polar surface area (TPSA) is 81.7 Å². The molecule has 2 aromatic rings. The van der Waals surface area contributed by atoms with Gasteiger partial charge in [0.15, 0.2) is 12.4 Å². The number of carbonyl (C=O) groups excluding carboxylic acids is 3. The summed E-state index contributed by atoms with van der Waals surface area (Å²) in [5.41, 5.74) is -1.18. The van der Waals surface area contributed by atoms with Crippen LogP contribution < -0.4 is 10.1 Å². The summed E-state index contributed by atoms with van der Waals surface area (Å²) in [4.78, 5) is 35.9. The zero-order valence-corrected chi connectivity index (χ0v) is 17.3. The quantitative estimate of drug-likeness (QED) is 0.433. The number of anilines is 1. The van der Waals surface area contributed by atoms with Crippen LogP contribution in [0.3, 0.4) is 0 Å². The number of methoxy groups -OCH3 is 1. The van der Waals surface area contributed by atoms with E-state index in [9.17, 15) is 27.6 Å². The molecule has 0 radical (unpaired) electrons. The maximum atomic E-state index is 12.9. The Kier molecular flexibility index (Phi) is 7.99. The van der Waals surface area contributed by atoms with E-state index in [-0.39, 0.29) is 24.2 Å². The predicted octanol–water partition coefficient (Wildman–Crippen LogP) is 4.62. The molecule has 0 heterocycles. The molecule has 2 rings (SSSR count). The van der Waals surface area contributed by atoms with Crippen LogP contribution in [0.4, 0.5) is 18.9 Å². The Morgan fingerprint density at radius 3 is 2.43 bits per heavy atom. The highest BCUT2D eigenvalue weighted by Crippen LogP contribution is 2.34. The molecule has 0 bridgehead atoms. The minimum atomic E-state index is -4.64. The monoisotopic (exact) mass is 487 g/mol. The van der Waals surface area contributed by atoms with Gasteiger partial charge in [-0.1, -0.05) is 28.1 Å². The van der Waals surface area contributed by atoms with Crippen molar-refractivity contribution in [3.05, 3.63) is 58.1 Å².